The van der Waals surface area contributed by atoms with Crippen molar-refractivity contribution in [3.8, 4) is 0 Å². The van der Waals surface area contributed by atoms with E-state index >= 15 is 0 Å². The number of rotatable bonds is 2. The quantitative estimate of drug-likeness (QED) is 0.763. The minimum Gasteiger partial charge on any atom is -0.339 e. The van der Waals surface area contributed by atoms with Crippen molar-refractivity contribution < 1.29 is 14.4 Å². The second-order valence-corrected chi connectivity index (χ2v) is 9.32. The molecular formula is C20H27N5O3. The van der Waals surface area contributed by atoms with Crippen LogP contribution in [0.5, 0.6) is 0 Å². The smallest absolute Gasteiger partial charge is 0.232 e. The number of aromatic nitrogens is 2. The lowest BCUT2D eigenvalue weighted by molar-refractivity contribution is -0.167. The summed E-state index contributed by atoms with van der Waals surface area (Å²) in [6.45, 7) is 8.18. The summed E-state index contributed by atoms with van der Waals surface area (Å²) < 4.78 is 0. The Morgan fingerprint density at radius 3 is 2.00 bits per heavy atom. The van der Waals surface area contributed by atoms with E-state index in [9.17, 15) is 14.4 Å². The van der Waals surface area contributed by atoms with Gasteiger partial charge in [-0.25, -0.2) is 9.97 Å². The summed E-state index contributed by atoms with van der Waals surface area (Å²) >= 11 is 0. The van der Waals surface area contributed by atoms with Gasteiger partial charge in [-0.05, 0) is 25.3 Å². The number of anilines is 1. The summed E-state index contributed by atoms with van der Waals surface area (Å²) in [5.74, 6) is 0.218. The van der Waals surface area contributed by atoms with E-state index < -0.39 is 16.2 Å². The van der Waals surface area contributed by atoms with E-state index in [4.69, 9.17) is 0 Å². The van der Waals surface area contributed by atoms with Crippen LogP contribution in [0, 0.1) is 16.2 Å². The zero-order valence-electron chi connectivity index (χ0n) is 16.7. The molecule has 8 nitrogen and oxygen atoms in total. The third-order valence-electron chi connectivity index (χ3n) is 6.58. The number of amides is 3. The van der Waals surface area contributed by atoms with Crippen LogP contribution in [0.1, 0.15) is 40.0 Å². The van der Waals surface area contributed by atoms with Crippen LogP contribution in [0.2, 0.25) is 0 Å². The van der Waals surface area contributed by atoms with E-state index in [-0.39, 0.29) is 17.7 Å². The van der Waals surface area contributed by atoms with Crippen LogP contribution in [0.3, 0.4) is 0 Å². The predicted molar refractivity (Wildman–Crippen MR) is 102 cm³/mol. The topological polar surface area (TPSA) is 95.5 Å². The fourth-order valence-electron chi connectivity index (χ4n) is 5.59. The highest BCUT2D eigenvalue weighted by atomic mass is 16.2. The maximum atomic E-state index is 13.5. The third kappa shape index (κ3) is 2.95. The molecule has 2 bridgehead atoms. The van der Waals surface area contributed by atoms with Gasteiger partial charge in [0.25, 0.3) is 0 Å². The summed E-state index contributed by atoms with van der Waals surface area (Å²) in [6, 6.07) is 1.78. The van der Waals surface area contributed by atoms with Gasteiger partial charge in [0.2, 0.25) is 23.7 Å². The Kier molecular flexibility index (Phi) is 4.21. The van der Waals surface area contributed by atoms with E-state index in [0.29, 0.717) is 51.4 Å². The van der Waals surface area contributed by atoms with Gasteiger partial charge >= 0.3 is 0 Å². The van der Waals surface area contributed by atoms with Crippen molar-refractivity contribution in [1.82, 2.24) is 20.2 Å². The molecule has 2 aliphatic heterocycles. The van der Waals surface area contributed by atoms with Crippen LogP contribution < -0.4 is 10.2 Å². The molecule has 1 N–H and O–H groups in total. The number of nitrogens with zero attached hydrogens (tertiary/aromatic N) is 4. The Bertz CT molecular complexity index is 792. The molecular weight excluding hydrogens is 358 g/mol. The second-order valence-electron chi connectivity index (χ2n) is 9.32. The highest BCUT2D eigenvalue weighted by Crippen LogP contribution is 2.57. The van der Waals surface area contributed by atoms with Crippen LogP contribution in [0.15, 0.2) is 18.5 Å². The number of fused-ring (bicyclic) bond motifs is 2. The number of carbonyl (C=O) groups excluding carboxylic acids is 3. The normalized spacial score (nSPS) is 35.5. The first-order valence-corrected chi connectivity index (χ1v) is 9.83. The molecule has 3 fully saturated rings. The van der Waals surface area contributed by atoms with Crippen LogP contribution in [0.4, 0.5) is 5.95 Å². The highest BCUT2D eigenvalue weighted by molar-refractivity contribution is 6.04. The third-order valence-corrected chi connectivity index (χ3v) is 6.58. The van der Waals surface area contributed by atoms with Crippen molar-refractivity contribution in [2.24, 2.45) is 16.2 Å². The first kappa shape index (κ1) is 18.8. The molecule has 0 radical (unpaired) electrons. The number of imide groups is 1. The Morgan fingerprint density at radius 1 is 0.929 bits per heavy atom. The Hall–Kier alpha value is -2.51. The summed E-state index contributed by atoms with van der Waals surface area (Å²) in [5.41, 5.74) is -2.10. The number of hydrogen-bond donors (Lipinski definition) is 1. The largest absolute Gasteiger partial charge is 0.339 e. The Morgan fingerprint density at radius 2 is 1.46 bits per heavy atom. The van der Waals surface area contributed by atoms with Gasteiger partial charge in [-0.2, -0.15) is 0 Å². The lowest BCUT2D eigenvalue weighted by atomic mass is 9.52. The molecule has 0 spiro atoms. The van der Waals surface area contributed by atoms with Gasteiger partial charge in [-0.1, -0.05) is 20.8 Å². The van der Waals surface area contributed by atoms with E-state index in [0.717, 1.165) is 0 Å². The number of piperidine rings is 1. The Balaban J connectivity index is 1.50. The molecule has 3 aliphatic rings. The maximum absolute atomic E-state index is 13.5. The predicted octanol–water partition coefficient (Wildman–Crippen LogP) is 0.984. The summed E-state index contributed by atoms with van der Waals surface area (Å²) in [7, 11) is 0. The van der Waals surface area contributed by atoms with Crippen LogP contribution in [-0.2, 0) is 14.4 Å². The minimum absolute atomic E-state index is 0.0424. The van der Waals surface area contributed by atoms with E-state index in [2.05, 4.69) is 20.2 Å². The Labute approximate surface area is 164 Å². The first-order valence-electron chi connectivity index (χ1n) is 9.83. The van der Waals surface area contributed by atoms with Gasteiger partial charge in [0.15, 0.2) is 0 Å². The number of hydrogen-bond acceptors (Lipinski definition) is 6. The molecule has 2 atom stereocenters. The van der Waals surface area contributed by atoms with Crippen molar-refractivity contribution in [3.63, 3.8) is 0 Å². The van der Waals surface area contributed by atoms with Crippen LogP contribution in [0.25, 0.3) is 0 Å². The number of carbonyl (C=O) groups is 3. The van der Waals surface area contributed by atoms with Crippen molar-refractivity contribution >= 4 is 23.7 Å². The molecule has 3 heterocycles. The fourth-order valence-corrected chi connectivity index (χ4v) is 5.59. The van der Waals surface area contributed by atoms with E-state index in [1.165, 1.54) is 0 Å². The van der Waals surface area contributed by atoms with Crippen molar-refractivity contribution in [2.75, 3.05) is 31.1 Å². The summed E-state index contributed by atoms with van der Waals surface area (Å²) in [4.78, 5) is 51.0. The van der Waals surface area contributed by atoms with Crippen molar-refractivity contribution in [3.05, 3.63) is 18.5 Å². The zero-order valence-corrected chi connectivity index (χ0v) is 16.7. The SMILES string of the molecule is CC12CC(C)(CC(C)(C(=O)N3CCN(c4ncccn4)CC3)C1)C(=O)NC2=O. The molecule has 28 heavy (non-hydrogen) atoms. The molecule has 8 heteroatoms. The van der Waals surface area contributed by atoms with E-state index in [1.54, 1.807) is 18.5 Å². The molecule has 2 saturated heterocycles. The van der Waals surface area contributed by atoms with Crippen LogP contribution >= 0.6 is 0 Å². The molecule has 1 aromatic heterocycles. The highest BCUT2D eigenvalue weighted by Gasteiger charge is 2.61. The van der Waals surface area contributed by atoms with Gasteiger partial charge in [-0.15, -0.1) is 0 Å². The van der Waals surface area contributed by atoms with Crippen molar-refractivity contribution in [2.45, 2.75) is 40.0 Å². The molecule has 1 aromatic rings. The average Bonchev–Trinajstić information content (AvgIpc) is 2.66. The minimum atomic E-state index is -0.722. The lowest BCUT2D eigenvalue weighted by Crippen LogP contribution is -2.64. The summed E-state index contributed by atoms with van der Waals surface area (Å²) in [5, 5.41) is 2.52. The van der Waals surface area contributed by atoms with Crippen molar-refractivity contribution in [1.29, 1.82) is 0 Å². The fraction of sp³-hybridized carbons (Fsp3) is 0.650. The zero-order chi connectivity index (χ0) is 20.2. The summed E-state index contributed by atoms with van der Waals surface area (Å²) in [6.07, 6.45) is 4.87. The second kappa shape index (κ2) is 6.25. The molecule has 3 amide bonds. The molecule has 150 valence electrons. The molecule has 1 saturated carbocycles. The molecule has 1 aliphatic carbocycles. The monoisotopic (exact) mass is 385 g/mol. The standard InChI is InChI=1S/C20H27N5O3/c1-18-11-19(2,15(27)23-14(18)26)13-20(3,12-18)16(28)24-7-9-25(10-8-24)17-21-5-4-6-22-17/h4-6H,7-13H2,1-3H3,(H,23,26,27). The number of nitrogens with one attached hydrogen (secondary N) is 1. The maximum Gasteiger partial charge on any atom is 0.232 e. The first-order chi connectivity index (χ1) is 13.2. The van der Waals surface area contributed by atoms with Gasteiger partial charge in [0.1, 0.15) is 0 Å². The lowest BCUT2D eigenvalue weighted by Gasteiger charge is -2.54. The van der Waals surface area contributed by atoms with Gasteiger partial charge in [0, 0.05) is 54.8 Å². The molecule has 2 unspecified atom stereocenters. The molecule has 4 rings (SSSR count). The average molecular weight is 385 g/mol. The molecule has 0 aromatic carbocycles. The van der Waals surface area contributed by atoms with Gasteiger partial charge in [0.05, 0.1) is 0 Å². The van der Waals surface area contributed by atoms with Crippen LogP contribution in [-0.4, -0.2) is 58.8 Å². The van der Waals surface area contributed by atoms with E-state index in [1.807, 2.05) is 25.7 Å². The number of piperazine rings is 1. The van der Waals surface area contributed by atoms with Gasteiger partial charge < -0.3 is 9.80 Å². The van der Waals surface area contributed by atoms with Gasteiger partial charge in [-0.3, -0.25) is 19.7 Å².